The molecule has 6 heteroatoms. The predicted octanol–water partition coefficient (Wildman–Crippen LogP) is 3.28. The molecule has 0 aromatic heterocycles. The zero-order chi connectivity index (χ0) is 14.0. The zero-order valence-electron chi connectivity index (χ0n) is 10.6. The van der Waals surface area contributed by atoms with Gasteiger partial charge < -0.3 is 5.32 Å². The molecule has 0 bridgehead atoms. The van der Waals surface area contributed by atoms with Crippen molar-refractivity contribution in [1.82, 2.24) is 5.32 Å². The van der Waals surface area contributed by atoms with Crippen molar-refractivity contribution in [3.8, 4) is 0 Å². The third-order valence-corrected chi connectivity index (χ3v) is 4.25. The van der Waals surface area contributed by atoms with Gasteiger partial charge in [0.15, 0.2) is 0 Å². The van der Waals surface area contributed by atoms with E-state index in [1.54, 1.807) is 6.07 Å². The Morgan fingerprint density at radius 1 is 1.47 bits per heavy atom. The van der Waals surface area contributed by atoms with E-state index in [2.05, 4.69) is 28.2 Å². The van der Waals surface area contributed by atoms with Crippen molar-refractivity contribution in [3.63, 3.8) is 0 Å². The quantitative estimate of drug-likeness (QED) is 0.684. The summed E-state index contributed by atoms with van der Waals surface area (Å²) in [5, 5.41) is 13.8. The van der Waals surface area contributed by atoms with Gasteiger partial charge in [0.1, 0.15) is 0 Å². The number of nitro groups is 1. The molecule has 1 aromatic rings. The molecule has 0 saturated heterocycles. The predicted molar refractivity (Wildman–Crippen MR) is 75.1 cm³/mol. The SMILES string of the molecule is CC1CCCC1NC(=O)c1ccc(Br)c([N+](=O)[O-])c1. The van der Waals surface area contributed by atoms with Crippen LogP contribution in [0.15, 0.2) is 22.7 Å². The Bertz CT molecular complexity index is 519. The van der Waals surface area contributed by atoms with E-state index in [0.29, 0.717) is 16.0 Å². The number of hydrogen-bond acceptors (Lipinski definition) is 3. The first kappa shape index (κ1) is 14.0. The second kappa shape index (κ2) is 5.69. The van der Waals surface area contributed by atoms with Crippen LogP contribution >= 0.6 is 15.9 Å². The molecule has 0 aliphatic heterocycles. The van der Waals surface area contributed by atoms with E-state index in [4.69, 9.17) is 0 Å². The topological polar surface area (TPSA) is 72.2 Å². The Hall–Kier alpha value is -1.43. The maximum Gasteiger partial charge on any atom is 0.284 e. The third-order valence-electron chi connectivity index (χ3n) is 3.58. The van der Waals surface area contributed by atoms with E-state index in [0.717, 1.165) is 19.3 Å². The molecule has 0 spiro atoms. The summed E-state index contributed by atoms with van der Waals surface area (Å²) in [7, 11) is 0. The molecule has 2 unspecified atom stereocenters. The lowest BCUT2D eigenvalue weighted by Gasteiger charge is -2.17. The fourth-order valence-electron chi connectivity index (χ4n) is 2.41. The number of nitro benzene ring substituents is 1. The normalized spacial score (nSPS) is 22.2. The number of rotatable bonds is 3. The van der Waals surface area contributed by atoms with Crippen molar-refractivity contribution in [2.75, 3.05) is 0 Å². The molecule has 2 atom stereocenters. The van der Waals surface area contributed by atoms with Crippen LogP contribution in [0.1, 0.15) is 36.5 Å². The van der Waals surface area contributed by atoms with Crippen molar-refractivity contribution in [1.29, 1.82) is 0 Å². The van der Waals surface area contributed by atoms with Gasteiger partial charge in [-0.3, -0.25) is 14.9 Å². The summed E-state index contributed by atoms with van der Waals surface area (Å²) < 4.78 is 0.378. The molecule has 19 heavy (non-hydrogen) atoms. The summed E-state index contributed by atoms with van der Waals surface area (Å²) in [6, 6.07) is 4.60. The molecule has 5 nitrogen and oxygen atoms in total. The van der Waals surface area contributed by atoms with E-state index in [1.807, 2.05) is 0 Å². The number of hydrogen-bond donors (Lipinski definition) is 1. The molecule has 0 heterocycles. The van der Waals surface area contributed by atoms with Crippen LogP contribution in [-0.2, 0) is 0 Å². The summed E-state index contributed by atoms with van der Waals surface area (Å²) in [5.41, 5.74) is 0.237. The van der Waals surface area contributed by atoms with Gasteiger partial charge in [-0.05, 0) is 46.8 Å². The highest BCUT2D eigenvalue weighted by Crippen LogP contribution is 2.27. The molecular formula is C13H15BrN2O3. The van der Waals surface area contributed by atoms with Gasteiger partial charge in [0.2, 0.25) is 0 Å². The number of benzene rings is 1. The van der Waals surface area contributed by atoms with Crippen molar-refractivity contribution in [3.05, 3.63) is 38.3 Å². The van der Waals surface area contributed by atoms with Crippen LogP contribution in [-0.4, -0.2) is 16.9 Å². The van der Waals surface area contributed by atoms with Crippen LogP contribution in [0.25, 0.3) is 0 Å². The largest absolute Gasteiger partial charge is 0.349 e. The molecule has 0 radical (unpaired) electrons. The fourth-order valence-corrected chi connectivity index (χ4v) is 2.80. The summed E-state index contributed by atoms with van der Waals surface area (Å²) in [6.45, 7) is 2.11. The first-order valence-corrected chi connectivity index (χ1v) is 7.03. The number of nitrogens with one attached hydrogen (secondary N) is 1. The van der Waals surface area contributed by atoms with E-state index < -0.39 is 4.92 Å². The summed E-state index contributed by atoms with van der Waals surface area (Å²) >= 11 is 3.10. The van der Waals surface area contributed by atoms with Gasteiger partial charge >= 0.3 is 0 Å². The van der Waals surface area contributed by atoms with Crippen molar-refractivity contribution < 1.29 is 9.72 Å². The molecule has 2 rings (SSSR count). The third kappa shape index (κ3) is 3.12. The van der Waals surface area contributed by atoms with Gasteiger partial charge in [-0.2, -0.15) is 0 Å². The van der Waals surface area contributed by atoms with Crippen LogP contribution in [0.2, 0.25) is 0 Å². The van der Waals surface area contributed by atoms with Crippen LogP contribution in [0, 0.1) is 16.0 Å². The maximum absolute atomic E-state index is 12.1. The van der Waals surface area contributed by atoms with E-state index in [-0.39, 0.29) is 17.6 Å². The molecule has 1 aliphatic carbocycles. The average Bonchev–Trinajstić information content (AvgIpc) is 2.75. The minimum atomic E-state index is -0.501. The Labute approximate surface area is 119 Å². The highest BCUT2D eigenvalue weighted by molar-refractivity contribution is 9.10. The van der Waals surface area contributed by atoms with Gasteiger partial charge in [0, 0.05) is 17.7 Å². The Morgan fingerprint density at radius 3 is 2.79 bits per heavy atom. The van der Waals surface area contributed by atoms with Crippen LogP contribution in [0.4, 0.5) is 5.69 Å². The maximum atomic E-state index is 12.1. The highest BCUT2D eigenvalue weighted by atomic mass is 79.9. The average molecular weight is 327 g/mol. The number of halogens is 1. The van der Waals surface area contributed by atoms with Gasteiger partial charge in [0.25, 0.3) is 11.6 Å². The monoisotopic (exact) mass is 326 g/mol. The Balaban J connectivity index is 2.15. The molecule has 1 N–H and O–H groups in total. The number of carbonyl (C=O) groups is 1. The van der Waals surface area contributed by atoms with E-state index in [1.165, 1.54) is 12.1 Å². The van der Waals surface area contributed by atoms with Gasteiger partial charge in [-0.1, -0.05) is 13.3 Å². The van der Waals surface area contributed by atoms with Crippen molar-refractivity contribution >= 4 is 27.5 Å². The van der Waals surface area contributed by atoms with Crippen molar-refractivity contribution in [2.24, 2.45) is 5.92 Å². The summed E-state index contributed by atoms with van der Waals surface area (Å²) in [4.78, 5) is 22.4. The minimum absolute atomic E-state index is 0.0906. The minimum Gasteiger partial charge on any atom is -0.349 e. The Morgan fingerprint density at radius 2 is 2.21 bits per heavy atom. The first-order chi connectivity index (χ1) is 8.99. The molecule has 1 amide bonds. The molecule has 1 aliphatic rings. The zero-order valence-corrected chi connectivity index (χ0v) is 12.1. The van der Waals surface area contributed by atoms with Crippen molar-refractivity contribution in [2.45, 2.75) is 32.2 Å². The summed E-state index contributed by atoms with van der Waals surface area (Å²) in [6.07, 6.45) is 3.21. The van der Waals surface area contributed by atoms with Gasteiger partial charge in [-0.15, -0.1) is 0 Å². The molecular weight excluding hydrogens is 312 g/mol. The number of nitrogens with zero attached hydrogens (tertiary/aromatic N) is 1. The fraction of sp³-hybridized carbons (Fsp3) is 0.462. The van der Waals surface area contributed by atoms with Crippen LogP contribution < -0.4 is 5.32 Å². The van der Waals surface area contributed by atoms with Gasteiger partial charge in [-0.25, -0.2) is 0 Å². The molecule has 1 aromatic carbocycles. The standard InChI is InChI=1S/C13H15BrN2O3/c1-8-3-2-4-11(8)15-13(17)9-5-6-10(14)12(7-9)16(18)19/h5-8,11H,2-4H2,1H3,(H,15,17). The van der Waals surface area contributed by atoms with E-state index in [9.17, 15) is 14.9 Å². The lowest BCUT2D eigenvalue weighted by atomic mass is 10.1. The first-order valence-electron chi connectivity index (χ1n) is 6.24. The molecule has 1 fully saturated rings. The van der Waals surface area contributed by atoms with Crippen LogP contribution in [0.3, 0.4) is 0 Å². The van der Waals surface area contributed by atoms with Gasteiger partial charge in [0.05, 0.1) is 9.40 Å². The second-order valence-electron chi connectivity index (χ2n) is 4.91. The smallest absolute Gasteiger partial charge is 0.284 e. The lowest BCUT2D eigenvalue weighted by molar-refractivity contribution is -0.385. The second-order valence-corrected chi connectivity index (χ2v) is 5.77. The van der Waals surface area contributed by atoms with Crippen LogP contribution in [0.5, 0.6) is 0 Å². The highest BCUT2D eigenvalue weighted by Gasteiger charge is 2.25. The number of amides is 1. The molecule has 1 saturated carbocycles. The number of carbonyl (C=O) groups excluding carboxylic acids is 1. The van der Waals surface area contributed by atoms with E-state index >= 15 is 0 Å². The lowest BCUT2D eigenvalue weighted by Crippen LogP contribution is -2.36. The summed E-state index contributed by atoms with van der Waals surface area (Å²) in [5.74, 6) is 0.226. The Kier molecular flexibility index (Phi) is 4.19. The molecule has 102 valence electrons.